The lowest BCUT2D eigenvalue weighted by molar-refractivity contribution is 0.0690. The number of ether oxygens (including phenoxy) is 1. The van der Waals surface area contributed by atoms with Gasteiger partial charge in [-0.3, -0.25) is 0 Å². The van der Waals surface area contributed by atoms with Gasteiger partial charge in [-0.1, -0.05) is 32.0 Å². The smallest absolute Gasteiger partial charge is 0.354 e. The van der Waals surface area contributed by atoms with Crippen molar-refractivity contribution in [3.05, 3.63) is 53.7 Å². The standard InChI is InChI=1S/C19H25N3O3/c1-3-22(4-2)12-13-25-16-10-8-15(9-11-16)14-20-18-7-5-6-17(21-18)19(23)24/h5-11H,3-4,12-14H2,1-2H3,(H,20,21)(H,23,24). The Kier molecular flexibility index (Phi) is 7.22. The molecule has 0 aliphatic heterocycles. The van der Waals surface area contributed by atoms with Gasteiger partial charge in [0.1, 0.15) is 18.2 Å². The zero-order valence-electron chi connectivity index (χ0n) is 14.7. The van der Waals surface area contributed by atoms with Crippen LogP contribution in [-0.2, 0) is 6.54 Å². The molecule has 0 spiro atoms. The molecule has 134 valence electrons. The van der Waals surface area contributed by atoms with Crippen molar-refractivity contribution in [2.24, 2.45) is 0 Å². The highest BCUT2D eigenvalue weighted by atomic mass is 16.5. The number of hydrogen-bond donors (Lipinski definition) is 2. The number of carboxylic acids is 1. The summed E-state index contributed by atoms with van der Waals surface area (Å²) in [6, 6.07) is 12.8. The number of rotatable bonds is 10. The van der Waals surface area contributed by atoms with Crippen molar-refractivity contribution in [3.8, 4) is 5.75 Å². The predicted molar refractivity (Wildman–Crippen MR) is 98.2 cm³/mol. The van der Waals surface area contributed by atoms with Crippen LogP contribution in [0.15, 0.2) is 42.5 Å². The van der Waals surface area contributed by atoms with E-state index in [-0.39, 0.29) is 5.69 Å². The monoisotopic (exact) mass is 343 g/mol. The fraction of sp³-hybridized carbons (Fsp3) is 0.368. The maximum Gasteiger partial charge on any atom is 0.354 e. The van der Waals surface area contributed by atoms with E-state index in [0.717, 1.165) is 30.9 Å². The number of carbonyl (C=O) groups is 1. The first kappa shape index (κ1) is 18.7. The summed E-state index contributed by atoms with van der Waals surface area (Å²) in [5.74, 6) is 0.358. The maximum atomic E-state index is 10.9. The molecule has 0 atom stereocenters. The normalized spacial score (nSPS) is 10.7. The lowest BCUT2D eigenvalue weighted by Gasteiger charge is -2.18. The molecular weight excluding hydrogens is 318 g/mol. The molecule has 0 amide bonds. The van der Waals surface area contributed by atoms with E-state index in [4.69, 9.17) is 9.84 Å². The first-order valence-electron chi connectivity index (χ1n) is 8.50. The summed E-state index contributed by atoms with van der Waals surface area (Å²) in [5.41, 5.74) is 1.10. The van der Waals surface area contributed by atoms with E-state index in [1.165, 1.54) is 6.07 Å². The fourth-order valence-corrected chi connectivity index (χ4v) is 2.38. The van der Waals surface area contributed by atoms with Gasteiger partial charge in [0.05, 0.1) is 0 Å². The SMILES string of the molecule is CCN(CC)CCOc1ccc(CNc2cccc(C(=O)O)n2)cc1. The fourth-order valence-electron chi connectivity index (χ4n) is 2.38. The van der Waals surface area contributed by atoms with Gasteiger partial charge >= 0.3 is 5.97 Å². The van der Waals surface area contributed by atoms with Crippen molar-refractivity contribution >= 4 is 11.8 Å². The third kappa shape index (κ3) is 6.08. The third-order valence-electron chi connectivity index (χ3n) is 3.94. The van der Waals surface area contributed by atoms with Crippen molar-refractivity contribution < 1.29 is 14.6 Å². The predicted octanol–water partition coefficient (Wildman–Crippen LogP) is 3.11. The Labute approximate surface area is 148 Å². The van der Waals surface area contributed by atoms with Gasteiger partial charge in [0.25, 0.3) is 0 Å². The zero-order valence-corrected chi connectivity index (χ0v) is 14.7. The summed E-state index contributed by atoms with van der Waals surface area (Å²) in [7, 11) is 0. The molecule has 1 aromatic heterocycles. The van der Waals surface area contributed by atoms with Crippen LogP contribution in [0, 0.1) is 0 Å². The van der Waals surface area contributed by atoms with Gasteiger partial charge < -0.3 is 20.1 Å². The Morgan fingerprint density at radius 2 is 1.88 bits per heavy atom. The van der Waals surface area contributed by atoms with Crippen LogP contribution in [0.5, 0.6) is 5.75 Å². The number of anilines is 1. The molecule has 1 aromatic carbocycles. The van der Waals surface area contributed by atoms with E-state index in [1.807, 2.05) is 24.3 Å². The van der Waals surface area contributed by atoms with Gasteiger partial charge in [-0.2, -0.15) is 0 Å². The van der Waals surface area contributed by atoms with Crippen molar-refractivity contribution in [2.75, 3.05) is 31.6 Å². The Morgan fingerprint density at radius 1 is 1.16 bits per heavy atom. The molecular formula is C19H25N3O3. The van der Waals surface area contributed by atoms with Crippen LogP contribution in [0.2, 0.25) is 0 Å². The van der Waals surface area contributed by atoms with Crippen molar-refractivity contribution in [1.82, 2.24) is 9.88 Å². The van der Waals surface area contributed by atoms with Crippen LogP contribution in [0.3, 0.4) is 0 Å². The van der Waals surface area contributed by atoms with E-state index in [9.17, 15) is 4.79 Å². The quantitative estimate of drug-likeness (QED) is 0.690. The molecule has 0 unspecified atom stereocenters. The molecule has 0 fully saturated rings. The molecule has 2 rings (SSSR count). The summed E-state index contributed by atoms with van der Waals surface area (Å²) >= 11 is 0. The lowest BCUT2D eigenvalue weighted by Crippen LogP contribution is -2.27. The summed E-state index contributed by atoms with van der Waals surface area (Å²) in [6.07, 6.45) is 0. The molecule has 0 radical (unpaired) electrons. The molecule has 2 aromatic rings. The Hall–Kier alpha value is -2.60. The zero-order chi connectivity index (χ0) is 18.1. The van der Waals surface area contributed by atoms with Gasteiger partial charge in [0.2, 0.25) is 0 Å². The number of likely N-dealkylation sites (N-methyl/N-ethyl adjacent to an activating group) is 1. The summed E-state index contributed by atoms with van der Waals surface area (Å²) in [6.45, 7) is 8.50. The summed E-state index contributed by atoms with van der Waals surface area (Å²) < 4.78 is 5.76. The number of nitrogens with zero attached hydrogens (tertiary/aromatic N) is 2. The lowest BCUT2D eigenvalue weighted by atomic mass is 10.2. The second-order valence-corrected chi connectivity index (χ2v) is 5.59. The first-order valence-corrected chi connectivity index (χ1v) is 8.50. The molecule has 0 saturated heterocycles. The number of pyridine rings is 1. The van der Waals surface area contributed by atoms with Crippen LogP contribution >= 0.6 is 0 Å². The molecule has 0 bridgehead atoms. The van der Waals surface area contributed by atoms with Gasteiger partial charge in [-0.15, -0.1) is 0 Å². The average Bonchev–Trinajstić information content (AvgIpc) is 2.65. The topological polar surface area (TPSA) is 74.7 Å². The van der Waals surface area contributed by atoms with Gasteiger partial charge in [-0.05, 0) is 42.9 Å². The minimum Gasteiger partial charge on any atom is -0.492 e. The van der Waals surface area contributed by atoms with Crippen LogP contribution in [0.1, 0.15) is 29.9 Å². The van der Waals surface area contributed by atoms with Gasteiger partial charge in [0, 0.05) is 13.1 Å². The van der Waals surface area contributed by atoms with Crippen LogP contribution in [-0.4, -0.2) is 47.2 Å². The van der Waals surface area contributed by atoms with Crippen molar-refractivity contribution in [3.63, 3.8) is 0 Å². The second kappa shape index (κ2) is 9.64. The Bertz CT molecular complexity index is 670. The van der Waals surface area contributed by atoms with E-state index in [1.54, 1.807) is 12.1 Å². The minimum absolute atomic E-state index is 0.0296. The number of hydrogen-bond acceptors (Lipinski definition) is 5. The summed E-state index contributed by atoms with van der Waals surface area (Å²) in [5, 5.41) is 12.1. The number of benzene rings is 1. The minimum atomic E-state index is -1.03. The molecule has 6 nitrogen and oxygen atoms in total. The molecule has 1 heterocycles. The molecule has 0 saturated carbocycles. The Balaban J connectivity index is 1.82. The molecule has 6 heteroatoms. The molecule has 0 aliphatic carbocycles. The summed E-state index contributed by atoms with van der Waals surface area (Å²) in [4.78, 5) is 17.3. The third-order valence-corrected chi connectivity index (χ3v) is 3.94. The molecule has 25 heavy (non-hydrogen) atoms. The first-order chi connectivity index (χ1) is 12.1. The van der Waals surface area contributed by atoms with Crippen LogP contribution in [0.4, 0.5) is 5.82 Å². The number of nitrogens with one attached hydrogen (secondary N) is 1. The highest BCUT2D eigenvalue weighted by Gasteiger charge is 2.05. The van der Waals surface area contributed by atoms with Crippen LogP contribution in [0.25, 0.3) is 0 Å². The second-order valence-electron chi connectivity index (χ2n) is 5.59. The van der Waals surface area contributed by atoms with Crippen molar-refractivity contribution in [2.45, 2.75) is 20.4 Å². The number of aromatic nitrogens is 1. The number of aromatic carboxylic acids is 1. The van der Waals surface area contributed by atoms with Crippen LogP contribution < -0.4 is 10.1 Å². The molecule has 2 N–H and O–H groups in total. The van der Waals surface area contributed by atoms with Gasteiger partial charge in [-0.25, -0.2) is 9.78 Å². The molecule has 0 aliphatic rings. The highest BCUT2D eigenvalue weighted by Crippen LogP contribution is 2.14. The van der Waals surface area contributed by atoms with Crippen molar-refractivity contribution in [1.29, 1.82) is 0 Å². The Morgan fingerprint density at radius 3 is 2.52 bits per heavy atom. The van der Waals surface area contributed by atoms with E-state index >= 15 is 0 Å². The highest BCUT2D eigenvalue weighted by molar-refractivity contribution is 5.85. The largest absolute Gasteiger partial charge is 0.492 e. The van der Waals surface area contributed by atoms with E-state index in [0.29, 0.717) is 19.0 Å². The maximum absolute atomic E-state index is 10.9. The van der Waals surface area contributed by atoms with E-state index in [2.05, 4.69) is 29.0 Å². The van der Waals surface area contributed by atoms with E-state index < -0.39 is 5.97 Å². The van der Waals surface area contributed by atoms with Gasteiger partial charge in [0.15, 0.2) is 5.69 Å². The number of carboxylic acid groups (broad SMARTS) is 1. The average molecular weight is 343 g/mol.